The van der Waals surface area contributed by atoms with Crippen molar-refractivity contribution in [1.82, 2.24) is 9.80 Å². The number of carbonyl (C=O) groups excluding carboxylic acids is 2. The van der Waals surface area contributed by atoms with Gasteiger partial charge in [0.15, 0.2) is 0 Å². The molecule has 1 aromatic heterocycles. The van der Waals surface area contributed by atoms with Gasteiger partial charge in [-0.2, -0.15) is 0 Å². The Morgan fingerprint density at radius 2 is 1.72 bits per heavy atom. The van der Waals surface area contributed by atoms with E-state index < -0.39 is 0 Å². The molecule has 0 saturated heterocycles. The zero-order valence-corrected chi connectivity index (χ0v) is 20.3. The second-order valence-electron chi connectivity index (χ2n) is 8.35. The van der Waals surface area contributed by atoms with Crippen LogP contribution in [0.3, 0.4) is 0 Å². The number of hydrogen-bond acceptors (Lipinski definition) is 3. The summed E-state index contributed by atoms with van der Waals surface area (Å²) >= 11 is 7.75. The van der Waals surface area contributed by atoms with Crippen molar-refractivity contribution in [2.24, 2.45) is 5.92 Å². The van der Waals surface area contributed by atoms with Crippen molar-refractivity contribution in [2.75, 3.05) is 13.1 Å². The van der Waals surface area contributed by atoms with E-state index >= 15 is 0 Å². The van der Waals surface area contributed by atoms with Crippen molar-refractivity contribution in [3.8, 4) is 0 Å². The molecule has 0 aliphatic rings. The van der Waals surface area contributed by atoms with Gasteiger partial charge in [-0.15, -0.1) is 11.3 Å². The number of thiophene rings is 1. The fourth-order valence-electron chi connectivity index (χ4n) is 3.50. The molecule has 32 heavy (non-hydrogen) atoms. The summed E-state index contributed by atoms with van der Waals surface area (Å²) in [5.74, 6) is -0.0211. The molecule has 3 aromatic rings. The summed E-state index contributed by atoms with van der Waals surface area (Å²) < 4.78 is 0. The van der Waals surface area contributed by atoms with Crippen LogP contribution in [0, 0.1) is 12.8 Å². The number of nitrogens with zero attached hydrogens (tertiary/aromatic N) is 2. The molecule has 0 N–H and O–H groups in total. The third-order valence-corrected chi connectivity index (χ3v) is 6.38. The van der Waals surface area contributed by atoms with Gasteiger partial charge in [-0.3, -0.25) is 9.59 Å². The third-order valence-electron chi connectivity index (χ3n) is 5.14. The normalized spacial score (nSPS) is 10.9. The second kappa shape index (κ2) is 11.3. The zero-order valence-electron chi connectivity index (χ0n) is 18.8. The molecule has 4 nitrogen and oxygen atoms in total. The van der Waals surface area contributed by atoms with Crippen LogP contribution < -0.4 is 0 Å². The third kappa shape index (κ3) is 6.68. The van der Waals surface area contributed by atoms with Gasteiger partial charge in [0, 0.05) is 28.6 Å². The van der Waals surface area contributed by atoms with Crippen LogP contribution in [0.4, 0.5) is 0 Å². The average Bonchev–Trinajstić information content (AvgIpc) is 3.17. The molecule has 3 rings (SSSR count). The van der Waals surface area contributed by atoms with Crippen molar-refractivity contribution in [1.29, 1.82) is 0 Å². The van der Waals surface area contributed by atoms with Crippen LogP contribution in [-0.2, 0) is 17.9 Å². The molecule has 6 heteroatoms. The van der Waals surface area contributed by atoms with Crippen LogP contribution in [0.5, 0.6) is 0 Å². The zero-order chi connectivity index (χ0) is 23.1. The van der Waals surface area contributed by atoms with E-state index in [-0.39, 0.29) is 24.3 Å². The topological polar surface area (TPSA) is 40.6 Å². The Morgan fingerprint density at radius 3 is 2.34 bits per heavy atom. The number of benzene rings is 2. The molecule has 2 amide bonds. The minimum atomic E-state index is -0.179. The molecule has 0 aliphatic heterocycles. The Kier molecular flexibility index (Phi) is 8.48. The standard InChI is InChI=1S/C26H29ClN2O2S/c1-19(2)15-29(26(31)22-10-7-11-23(27)14-22)18-25(30)28(16-21-8-5-4-6-9-21)17-24-20(3)12-13-32-24/h4-14,19H,15-18H2,1-3H3. The molecule has 1 heterocycles. The first-order chi connectivity index (χ1) is 15.3. The van der Waals surface area contributed by atoms with Crippen molar-refractivity contribution in [3.63, 3.8) is 0 Å². The predicted octanol–water partition coefficient (Wildman–Crippen LogP) is 6.04. The van der Waals surface area contributed by atoms with Crippen molar-refractivity contribution < 1.29 is 9.59 Å². The lowest BCUT2D eigenvalue weighted by molar-refractivity contribution is -0.133. The number of rotatable bonds is 9. The molecule has 0 atom stereocenters. The summed E-state index contributed by atoms with van der Waals surface area (Å²) in [7, 11) is 0. The quantitative estimate of drug-likeness (QED) is 0.384. The molecule has 0 saturated carbocycles. The van der Waals surface area contributed by atoms with Gasteiger partial charge in [-0.05, 0) is 53.6 Å². The van der Waals surface area contributed by atoms with Crippen LogP contribution in [0.15, 0.2) is 66.0 Å². The monoisotopic (exact) mass is 468 g/mol. The highest BCUT2D eigenvalue weighted by atomic mass is 35.5. The average molecular weight is 469 g/mol. The van der Waals surface area contributed by atoms with Gasteiger partial charge in [0.25, 0.3) is 5.91 Å². The molecular weight excluding hydrogens is 440 g/mol. The lowest BCUT2D eigenvalue weighted by atomic mass is 10.1. The van der Waals surface area contributed by atoms with E-state index in [1.807, 2.05) is 54.5 Å². The summed E-state index contributed by atoms with van der Waals surface area (Å²) in [6, 6.07) is 18.9. The fraction of sp³-hybridized carbons (Fsp3) is 0.308. The molecular formula is C26H29ClN2O2S. The van der Waals surface area contributed by atoms with Gasteiger partial charge in [-0.25, -0.2) is 0 Å². The maximum atomic E-state index is 13.5. The van der Waals surface area contributed by atoms with E-state index in [1.54, 1.807) is 40.5 Å². The van der Waals surface area contributed by atoms with E-state index in [2.05, 4.69) is 13.0 Å². The number of amides is 2. The van der Waals surface area contributed by atoms with Crippen molar-refractivity contribution >= 4 is 34.8 Å². The molecule has 0 radical (unpaired) electrons. The maximum absolute atomic E-state index is 13.5. The maximum Gasteiger partial charge on any atom is 0.254 e. The number of halogens is 1. The molecule has 0 spiro atoms. The van der Waals surface area contributed by atoms with Crippen LogP contribution in [0.25, 0.3) is 0 Å². The Morgan fingerprint density at radius 1 is 0.969 bits per heavy atom. The largest absolute Gasteiger partial charge is 0.332 e. The van der Waals surface area contributed by atoms with Gasteiger partial charge >= 0.3 is 0 Å². The predicted molar refractivity (Wildman–Crippen MR) is 132 cm³/mol. The molecule has 168 valence electrons. The van der Waals surface area contributed by atoms with Crippen LogP contribution in [0.2, 0.25) is 5.02 Å². The SMILES string of the molecule is Cc1ccsc1CN(Cc1ccccc1)C(=O)CN(CC(C)C)C(=O)c1cccc(Cl)c1. The van der Waals surface area contributed by atoms with E-state index in [0.29, 0.717) is 30.2 Å². The smallest absolute Gasteiger partial charge is 0.254 e. The summed E-state index contributed by atoms with van der Waals surface area (Å²) in [5, 5.41) is 2.55. The highest BCUT2D eigenvalue weighted by molar-refractivity contribution is 7.10. The summed E-state index contributed by atoms with van der Waals surface area (Å²) in [6.45, 7) is 7.69. The van der Waals surface area contributed by atoms with Crippen LogP contribution in [-0.4, -0.2) is 34.7 Å². The number of aryl methyl sites for hydroxylation is 1. The number of hydrogen-bond donors (Lipinski definition) is 0. The first-order valence-corrected chi connectivity index (χ1v) is 12.0. The van der Waals surface area contributed by atoms with E-state index in [9.17, 15) is 9.59 Å². The number of carbonyl (C=O) groups is 2. The summed E-state index contributed by atoms with van der Waals surface area (Å²) in [5.41, 5.74) is 2.73. The van der Waals surface area contributed by atoms with Gasteiger partial charge in [-0.1, -0.05) is 61.8 Å². The molecule has 0 aliphatic carbocycles. The molecule has 0 unspecified atom stereocenters. The Balaban J connectivity index is 1.83. The minimum Gasteiger partial charge on any atom is -0.332 e. The second-order valence-corrected chi connectivity index (χ2v) is 9.79. The Hall–Kier alpha value is -2.63. The summed E-state index contributed by atoms with van der Waals surface area (Å²) in [6.07, 6.45) is 0. The first-order valence-electron chi connectivity index (χ1n) is 10.7. The van der Waals surface area contributed by atoms with Crippen LogP contribution >= 0.6 is 22.9 Å². The lowest BCUT2D eigenvalue weighted by Gasteiger charge is -2.29. The molecule has 0 fully saturated rings. The van der Waals surface area contributed by atoms with E-state index in [0.717, 1.165) is 10.4 Å². The van der Waals surface area contributed by atoms with Gasteiger partial charge in [0.1, 0.15) is 6.54 Å². The van der Waals surface area contributed by atoms with E-state index in [1.165, 1.54) is 5.56 Å². The lowest BCUT2D eigenvalue weighted by Crippen LogP contribution is -2.43. The fourth-order valence-corrected chi connectivity index (χ4v) is 4.61. The molecule has 2 aromatic carbocycles. The van der Waals surface area contributed by atoms with Crippen LogP contribution in [0.1, 0.15) is 40.2 Å². The Labute approximate surface area is 199 Å². The van der Waals surface area contributed by atoms with Gasteiger partial charge in [0.05, 0.1) is 6.54 Å². The summed E-state index contributed by atoms with van der Waals surface area (Å²) in [4.78, 5) is 31.3. The first kappa shape index (κ1) is 24.0. The molecule has 0 bridgehead atoms. The Bertz CT molecular complexity index is 1050. The van der Waals surface area contributed by atoms with E-state index in [4.69, 9.17) is 11.6 Å². The highest BCUT2D eigenvalue weighted by Gasteiger charge is 2.24. The highest BCUT2D eigenvalue weighted by Crippen LogP contribution is 2.20. The van der Waals surface area contributed by atoms with Gasteiger partial charge < -0.3 is 9.80 Å². The van der Waals surface area contributed by atoms with Crippen molar-refractivity contribution in [2.45, 2.75) is 33.9 Å². The minimum absolute atomic E-state index is 0.0286. The van der Waals surface area contributed by atoms with Gasteiger partial charge in [0.2, 0.25) is 5.91 Å². The van der Waals surface area contributed by atoms with Crippen molar-refractivity contribution in [3.05, 3.63) is 92.6 Å².